The first-order chi connectivity index (χ1) is 9.13. The van der Waals surface area contributed by atoms with Crippen molar-refractivity contribution in [1.82, 2.24) is 4.90 Å². The Hall–Kier alpha value is -1.91. The monoisotopic (exact) mass is 264 g/mol. The topological polar surface area (TPSA) is 42.0 Å². The lowest BCUT2D eigenvalue weighted by Crippen LogP contribution is -2.48. The number of piperazine rings is 1. The average molecular weight is 264 g/mol. The van der Waals surface area contributed by atoms with Gasteiger partial charge in [0, 0.05) is 57.0 Å². The Labute approximate surface area is 113 Å². The van der Waals surface area contributed by atoms with Crippen molar-refractivity contribution in [2.45, 2.75) is 6.92 Å². The smallest absolute Gasteiger partial charge is 0.219 e. The Balaban J connectivity index is 2.12. The zero-order valence-electron chi connectivity index (χ0n) is 11.7. The second-order valence-corrected chi connectivity index (χ2v) is 4.56. The molecule has 0 bridgehead atoms. The SMILES string of the molecule is COc1cc(OC)cc(N2CCN(C(C)=O)CC2)c1. The number of benzene rings is 1. The van der Waals surface area contributed by atoms with Gasteiger partial charge >= 0.3 is 0 Å². The molecule has 0 atom stereocenters. The predicted octanol–water partition coefficient (Wildman–Crippen LogP) is 1.37. The minimum Gasteiger partial charge on any atom is -0.497 e. The number of carbonyl (C=O) groups excluding carboxylic acids is 1. The molecule has 5 nitrogen and oxygen atoms in total. The highest BCUT2D eigenvalue weighted by atomic mass is 16.5. The summed E-state index contributed by atoms with van der Waals surface area (Å²) in [5.41, 5.74) is 1.07. The van der Waals surface area contributed by atoms with E-state index < -0.39 is 0 Å². The van der Waals surface area contributed by atoms with Gasteiger partial charge in [-0.25, -0.2) is 0 Å². The quantitative estimate of drug-likeness (QED) is 0.827. The number of hydrogen-bond acceptors (Lipinski definition) is 4. The molecule has 0 radical (unpaired) electrons. The van der Waals surface area contributed by atoms with Crippen molar-refractivity contribution in [2.75, 3.05) is 45.3 Å². The van der Waals surface area contributed by atoms with Gasteiger partial charge in [-0.3, -0.25) is 4.79 Å². The summed E-state index contributed by atoms with van der Waals surface area (Å²) >= 11 is 0. The minimum atomic E-state index is 0.142. The third-order valence-corrected chi connectivity index (χ3v) is 3.43. The average Bonchev–Trinajstić information content (AvgIpc) is 2.46. The summed E-state index contributed by atoms with van der Waals surface area (Å²) < 4.78 is 10.6. The normalized spacial score (nSPS) is 15.3. The van der Waals surface area contributed by atoms with Gasteiger partial charge in [0.1, 0.15) is 11.5 Å². The molecule has 1 aliphatic rings. The number of nitrogens with zero attached hydrogens (tertiary/aromatic N) is 2. The van der Waals surface area contributed by atoms with Crippen molar-refractivity contribution >= 4 is 11.6 Å². The van der Waals surface area contributed by atoms with Crippen LogP contribution in [0.3, 0.4) is 0 Å². The Morgan fingerprint density at radius 3 is 1.95 bits per heavy atom. The van der Waals surface area contributed by atoms with Gasteiger partial charge < -0.3 is 19.3 Å². The van der Waals surface area contributed by atoms with Crippen LogP contribution >= 0.6 is 0 Å². The highest BCUT2D eigenvalue weighted by molar-refractivity contribution is 5.73. The summed E-state index contributed by atoms with van der Waals surface area (Å²) in [6.45, 7) is 4.79. The highest BCUT2D eigenvalue weighted by Gasteiger charge is 2.19. The van der Waals surface area contributed by atoms with E-state index in [4.69, 9.17) is 9.47 Å². The van der Waals surface area contributed by atoms with Crippen LogP contribution in [-0.2, 0) is 4.79 Å². The third-order valence-electron chi connectivity index (χ3n) is 3.43. The molecule has 1 fully saturated rings. The van der Waals surface area contributed by atoms with Crippen LogP contribution in [0.15, 0.2) is 18.2 Å². The van der Waals surface area contributed by atoms with Crippen LogP contribution in [0.1, 0.15) is 6.92 Å². The first-order valence-corrected chi connectivity index (χ1v) is 6.37. The molecule has 104 valence electrons. The lowest BCUT2D eigenvalue weighted by molar-refractivity contribution is -0.129. The second kappa shape index (κ2) is 5.82. The summed E-state index contributed by atoms with van der Waals surface area (Å²) in [5.74, 6) is 1.70. The molecule has 0 spiro atoms. The fourth-order valence-electron chi connectivity index (χ4n) is 2.25. The van der Waals surface area contributed by atoms with Crippen molar-refractivity contribution < 1.29 is 14.3 Å². The molecule has 1 saturated heterocycles. The van der Waals surface area contributed by atoms with Gasteiger partial charge in [-0.05, 0) is 0 Å². The van der Waals surface area contributed by atoms with Crippen LogP contribution in [0.2, 0.25) is 0 Å². The molecule has 1 heterocycles. The van der Waals surface area contributed by atoms with Crippen LogP contribution in [0, 0.1) is 0 Å². The van der Waals surface area contributed by atoms with E-state index in [1.807, 2.05) is 23.1 Å². The van der Waals surface area contributed by atoms with E-state index in [0.717, 1.165) is 43.4 Å². The molecule has 0 N–H and O–H groups in total. The zero-order chi connectivity index (χ0) is 13.8. The number of anilines is 1. The van der Waals surface area contributed by atoms with Gasteiger partial charge in [-0.1, -0.05) is 0 Å². The van der Waals surface area contributed by atoms with Gasteiger partial charge in [0.05, 0.1) is 14.2 Å². The summed E-state index contributed by atoms with van der Waals surface area (Å²) in [6, 6.07) is 5.84. The molecule has 19 heavy (non-hydrogen) atoms. The van der Waals surface area contributed by atoms with Crippen molar-refractivity contribution in [1.29, 1.82) is 0 Å². The van der Waals surface area contributed by atoms with E-state index in [0.29, 0.717) is 0 Å². The Morgan fingerprint density at radius 2 is 1.53 bits per heavy atom. The van der Waals surface area contributed by atoms with Gasteiger partial charge in [0.15, 0.2) is 0 Å². The van der Waals surface area contributed by atoms with Crippen molar-refractivity contribution in [3.05, 3.63) is 18.2 Å². The van der Waals surface area contributed by atoms with E-state index in [-0.39, 0.29) is 5.91 Å². The predicted molar refractivity (Wildman–Crippen MR) is 74.0 cm³/mol. The lowest BCUT2D eigenvalue weighted by atomic mass is 10.2. The van der Waals surface area contributed by atoms with Gasteiger partial charge in [0.2, 0.25) is 5.91 Å². The molecule has 2 rings (SSSR count). The molecular weight excluding hydrogens is 244 g/mol. The van der Waals surface area contributed by atoms with Gasteiger partial charge in [-0.15, -0.1) is 0 Å². The van der Waals surface area contributed by atoms with Crippen LogP contribution < -0.4 is 14.4 Å². The van der Waals surface area contributed by atoms with Gasteiger partial charge in [-0.2, -0.15) is 0 Å². The van der Waals surface area contributed by atoms with E-state index >= 15 is 0 Å². The molecule has 0 unspecified atom stereocenters. The first kappa shape index (κ1) is 13.5. The van der Waals surface area contributed by atoms with Crippen LogP contribution in [0.5, 0.6) is 11.5 Å². The minimum absolute atomic E-state index is 0.142. The highest BCUT2D eigenvalue weighted by Crippen LogP contribution is 2.28. The number of rotatable bonds is 3. The maximum Gasteiger partial charge on any atom is 0.219 e. The Morgan fingerprint density at radius 1 is 1.00 bits per heavy atom. The summed E-state index contributed by atoms with van der Waals surface area (Å²) in [6.07, 6.45) is 0. The zero-order valence-corrected chi connectivity index (χ0v) is 11.7. The number of amides is 1. The van der Waals surface area contributed by atoms with Gasteiger partial charge in [0.25, 0.3) is 0 Å². The van der Waals surface area contributed by atoms with E-state index in [2.05, 4.69) is 4.90 Å². The van der Waals surface area contributed by atoms with Crippen LogP contribution in [0.4, 0.5) is 5.69 Å². The van der Waals surface area contributed by atoms with E-state index in [9.17, 15) is 4.79 Å². The molecule has 0 aromatic heterocycles. The standard InChI is InChI=1S/C14H20N2O3/c1-11(17)15-4-6-16(7-5-15)12-8-13(18-2)10-14(9-12)19-3/h8-10H,4-7H2,1-3H3. The molecule has 5 heteroatoms. The van der Waals surface area contributed by atoms with Crippen molar-refractivity contribution in [3.63, 3.8) is 0 Å². The summed E-state index contributed by atoms with van der Waals surface area (Å²) in [5, 5.41) is 0. The lowest BCUT2D eigenvalue weighted by Gasteiger charge is -2.35. The maximum atomic E-state index is 11.3. The van der Waals surface area contributed by atoms with Crippen LogP contribution in [-0.4, -0.2) is 51.2 Å². The first-order valence-electron chi connectivity index (χ1n) is 6.37. The molecule has 1 amide bonds. The largest absolute Gasteiger partial charge is 0.497 e. The molecule has 1 aromatic rings. The second-order valence-electron chi connectivity index (χ2n) is 4.56. The van der Waals surface area contributed by atoms with Crippen molar-refractivity contribution in [3.8, 4) is 11.5 Å². The summed E-state index contributed by atoms with van der Waals surface area (Å²) in [7, 11) is 3.29. The fourth-order valence-corrected chi connectivity index (χ4v) is 2.25. The third kappa shape index (κ3) is 3.10. The Bertz CT molecular complexity index is 432. The number of carbonyl (C=O) groups is 1. The molecule has 0 saturated carbocycles. The number of hydrogen-bond donors (Lipinski definition) is 0. The maximum absolute atomic E-state index is 11.3. The summed E-state index contributed by atoms with van der Waals surface area (Å²) in [4.78, 5) is 15.4. The molecule has 1 aliphatic heterocycles. The molecule has 0 aliphatic carbocycles. The number of ether oxygens (including phenoxy) is 2. The van der Waals surface area contributed by atoms with Crippen LogP contribution in [0.25, 0.3) is 0 Å². The van der Waals surface area contributed by atoms with Crippen molar-refractivity contribution in [2.24, 2.45) is 0 Å². The molecule has 1 aromatic carbocycles. The Kier molecular flexibility index (Phi) is 4.14. The van der Waals surface area contributed by atoms with E-state index in [1.54, 1.807) is 21.1 Å². The molecular formula is C14H20N2O3. The van der Waals surface area contributed by atoms with E-state index in [1.165, 1.54) is 0 Å². The number of methoxy groups -OCH3 is 2. The fraction of sp³-hybridized carbons (Fsp3) is 0.500.